The van der Waals surface area contributed by atoms with Gasteiger partial charge in [-0.1, -0.05) is 0 Å². The molecule has 0 atom stereocenters. The van der Waals surface area contributed by atoms with Gasteiger partial charge < -0.3 is 10.0 Å². The Labute approximate surface area is 71.5 Å². The molecule has 4 nitrogen and oxygen atoms in total. The standard InChI is InChI=1S/C8H13NO3/c1-3-9(4-2)7(10)5-6-8(11)12/h5-6H,3-4H2,1-2H3,(H,11,12)/b6-5-. The fourth-order valence-electron chi connectivity index (χ4n) is 0.783. The molecule has 0 aromatic carbocycles. The van der Waals surface area contributed by atoms with E-state index in [2.05, 4.69) is 0 Å². The predicted octanol–water partition coefficient (Wildman–Crippen LogP) is 0.496. The molecule has 0 aliphatic carbocycles. The fraction of sp³-hybridized carbons (Fsp3) is 0.500. The molecule has 0 aromatic rings. The first-order chi connectivity index (χ1) is 5.61. The third-order valence-corrected chi connectivity index (χ3v) is 1.44. The van der Waals surface area contributed by atoms with E-state index in [1.807, 2.05) is 13.8 Å². The molecule has 0 aromatic heterocycles. The predicted molar refractivity (Wildman–Crippen MR) is 44.7 cm³/mol. The van der Waals surface area contributed by atoms with Crippen molar-refractivity contribution in [3.05, 3.63) is 12.2 Å². The smallest absolute Gasteiger partial charge is 0.328 e. The Morgan fingerprint density at radius 3 is 2.08 bits per heavy atom. The van der Waals surface area contributed by atoms with E-state index in [1.54, 1.807) is 4.90 Å². The zero-order chi connectivity index (χ0) is 9.56. The van der Waals surface area contributed by atoms with Crippen LogP contribution in [-0.2, 0) is 9.59 Å². The molecule has 0 rings (SSSR count). The van der Waals surface area contributed by atoms with Crippen LogP contribution in [0.25, 0.3) is 0 Å². The molecule has 1 amide bonds. The van der Waals surface area contributed by atoms with Crippen LogP contribution >= 0.6 is 0 Å². The molecule has 12 heavy (non-hydrogen) atoms. The Hall–Kier alpha value is -1.32. The highest BCUT2D eigenvalue weighted by atomic mass is 16.4. The number of carbonyl (C=O) groups excluding carboxylic acids is 1. The zero-order valence-electron chi connectivity index (χ0n) is 7.28. The van der Waals surface area contributed by atoms with Crippen molar-refractivity contribution in [1.29, 1.82) is 0 Å². The summed E-state index contributed by atoms with van der Waals surface area (Å²) in [6.45, 7) is 4.88. The van der Waals surface area contributed by atoms with Crippen molar-refractivity contribution in [3.8, 4) is 0 Å². The van der Waals surface area contributed by atoms with Gasteiger partial charge in [-0.2, -0.15) is 0 Å². The van der Waals surface area contributed by atoms with E-state index in [0.717, 1.165) is 12.2 Å². The number of likely N-dealkylation sites (N-methyl/N-ethyl adjacent to an activating group) is 1. The van der Waals surface area contributed by atoms with E-state index in [9.17, 15) is 9.59 Å². The molecule has 68 valence electrons. The van der Waals surface area contributed by atoms with Crippen LogP contribution in [0.1, 0.15) is 13.8 Å². The molecule has 0 spiro atoms. The number of rotatable bonds is 4. The van der Waals surface area contributed by atoms with Crippen molar-refractivity contribution in [1.82, 2.24) is 4.90 Å². The summed E-state index contributed by atoms with van der Waals surface area (Å²) in [5.74, 6) is -1.36. The highest BCUT2D eigenvalue weighted by Crippen LogP contribution is 1.89. The van der Waals surface area contributed by atoms with Crippen LogP contribution in [0.4, 0.5) is 0 Å². The summed E-state index contributed by atoms with van der Waals surface area (Å²) in [6, 6.07) is 0. The summed E-state index contributed by atoms with van der Waals surface area (Å²) < 4.78 is 0. The fourth-order valence-corrected chi connectivity index (χ4v) is 0.783. The van der Waals surface area contributed by atoms with E-state index in [0.29, 0.717) is 13.1 Å². The van der Waals surface area contributed by atoms with Crippen LogP contribution in [0, 0.1) is 0 Å². The zero-order valence-corrected chi connectivity index (χ0v) is 7.28. The summed E-state index contributed by atoms with van der Waals surface area (Å²) in [5.41, 5.74) is 0. The molecular weight excluding hydrogens is 158 g/mol. The van der Waals surface area contributed by atoms with Gasteiger partial charge in [0, 0.05) is 25.2 Å². The second kappa shape index (κ2) is 5.35. The Morgan fingerprint density at radius 1 is 1.25 bits per heavy atom. The number of carboxylic acids is 1. The van der Waals surface area contributed by atoms with Crippen molar-refractivity contribution in [3.63, 3.8) is 0 Å². The molecule has 0 bridgehead atoms. The second-order valence-corrected chi connectivity index (χ2v) is 2.18. The highest BCUT2D eigenvalue weighted by Gasteiger charge is 2.04. The van der Waals surface area contributed by atoms with Crippen LogP contribution in [0.2, 0.25) is 0 Å². The van der Waals surface area contributed by atoms with Crippen LogP contribution in [0.3, 0.4) is 0 Å². The normalized spacial score (nSPS) is 10.2. The lowest BCUT2D eigenvalue weighted by Gasteiger charge is -2.15. The molecule has 1 N–H and O–H groups in total. The molecule has 0 saturated carbocycles. The van der Waals surface area contributed by atoms with Gasteiger partial charge in [0.25, 0.3) is 0 Å². The van der Waals surface area contributed by atoms with Gasteiger partial charge in [-0.3, -0.25) is 4.79 Å². The topological polar surface area (TPSA) is 57.6 Å². The molecule has 0 heterocycles. The Balaban J connectivity index is 4.10. The molecule has 0 aliphatic heterocycles. The number of carboxylic acid groups (broad SMARTS) is 1. The number of hydrogen-bond donors (Lipinski definition) is 1. The average Bonchev–Trinajstić information content (AvgIpc) is 2.03. The molecular formula is C8H13NO3. The highest BCUT2D eigenvalue weighted by molar-refractivity contribution is 5.93. The first-order valence-electron chi connectivity index (χ1n) is 3.81. The van der Waals surface area contributed by atoms with E-state index in [4.69, 9.17) is 5.11 Å². The van der Waals surface area contributed by atoms with Crippen LogP contribution in [0.15, 0.2) is 12.2 Å². The number of aliphatic carboxylic acids is 1. The molecule has 4 heteroatoms. The van der Waals surface area contributed by atoms with Crippen LogP contribution < -0.4 is 0 Å². The second-order valence-electron chi connectivity index (χ2n) is 2.18. The lowest BCUT2D eigenvalue weighted by atomic mass is 10.4. The molecule has 0 aliphatic rings. The third kappa shape index (κ3) is 3.75. The van der Waals surface area contributed by atoms with Crippen molar-refractivity contribution in [2.75, 3.05) is 13.1 Å². The van der Waals surface area contributed by atoms with E-state index < -0.39 is 5.97 Å². The summed E-state index contributed by atoms with van der Waals surface area (Å²) in [4.78, 5) is 22.7. The average molecular weight is 171 g/mol. The minimum atomic E-state index is -1.10. The molecule has 0 saturated heterocycles. The minimum absolute atomic E-state index is 0.262. The Morgan fingerprint density at radius 2 is 1.75 bits per heavy atom. The summed E-state index contributed by atoms with van der Waals surface area (Å²) in [5, 5.41) is 8.23. The van der Waals surface area contributed by atoms with Crippen molar-refractivity contribution >= 4 is 11.9 Å². The van der Waals surface area contributed by atoms with Gasteiger partial charge in [0.1, 0.15) is 0 Å². The van der Waals surface area contributed by atoms with Crippen molar-refractivity contribution in [2.24, 2.45) is 0 Å². The summed E-state index contributed by atoms with van der Waals surface area (Å²) >= 11 is 0. The lowest BCUT2D eigenvalue weighted by molar-refractivity contribution is -0.132. The first kappa shape index (κ1) is 10.7. The van der Waals surface area contributed by atoms with Gasteiger partial charge in [-0.25, -0.2) is 4.79 Å². The van der Waals surface area contributed by atoms with E-state index in [1.165, 1.54) is 0 Å². The third-order valence-electron chi connectivity index (χ3n) is 1.44. The van der Waals surface area contributed by atoms with Gasteiger partial charge in [0.15, 0.2) is 0 Å². The number of nitrogens with zero attached hydrogens (tertiary/aromatic N) is 1. The van der Waals surface area contributed by atoms with Gasteiger partial charge in [0.05, 0.1) is 0 Å². The van der Waals surface area contributed by atoms with E-state index >= 15 is 0 Å². The van der Waals surface area contributed by atoms with Crippen molar-refractivity contribution < 1.29 is 14.7 Å². The number of amides is 1. The lowest BCUT2D eigenvalue weighted by Crippen LogP contribution is -2.28. The number of carbonyl (C=O) groups is 2. The van der Waals surface area contributed by atoms with Gasteiger partial charge in [-0.15, -0.1) is 0 Å². The SMILES string of the molecule is CCN(CC)C(=O)/C=C\C(=O)O. The van der Waals surface area contributed by atoms with Gasteiger partial charge >= 0.3 is 5.97 Å². The summed E-state index contributed by atoms with van der Waals surface area (Å²) in [6.07, 6.45) is 1.91. The Bertz CT molecular complexity index is 194. The quantitative estimate of drug-likeness (QED) is 0.626. The minimum Gasteiger partial charge on any atom is -0.478 e. The molecule has 0 fully saturated rings. The number of hydrogen-bond acceptors (Lipinski definition) is 2. The van der Waals surface area contributed by atoms with Gasteiger partial charge in [0.2, 0.25) is 5.91 Å². The first-order valence-corrected chi connectivity index (χ1v) is 3.81. The van der Waals surface area contributed by atoms with Crippen molar-refractivity contribution in [2.45, 2.75) is 13.8 Å². The Kier molecular flexibility index (Phi) is 4.76. The molecule has 0 radical (unpaired) electrons. The molecule has 0 unspecified atom stereocenters. The van der Waals surface area contributed by atoms with Crippen LogP contribution in [0.5, 0.6) is 0 Å². The van der Waals surface area contributed by atoms with Gasteiger partial charge in [-0.05, 0) is 13.8 Å². The maximum Gasteiger partial charge on any atom is 0.328 e. The maximum atomic E-state index is 11.1. The monoisotopic (exact) mass is 171 g/mol. The summed E-state index contributed by atoms with van der Waals surface area (Å²) in [7, 11) is 0. The maximum absolute atomic E-state index is 11.1. The van der Waals surface area contributed by atoms with Crippen LogP contribution in [-0.4, -0.2) is 35.0 Å². The van der Waals surface area contributed by atoms with E-state index in [-0.39, 0.29) is 5.91 Å². The largest absolute Gasteiger partial charge is 0.478 e.